The largest absolute Gasteiger partial charge is 0.362 e. The van der Waals surface area contributed by atoms with Crippen molar-refractivity contribution in [2.75, 3.05) is 20.6 Å². The molecule has 0 amide bonds. The van der Waals surface area contributed by atoms with Gasteiger partial charge in [0.25, 0.3) is 0 Å². The van der Waals surface area contributed by atoms with Crippen LogP contribution in [0.2, 0.25) is 0 Å². The first-order valence-electron chi connectivity index (χ1n) is 3.74. The summed E-state index contributed by atoms with van der Waals surface area (Å²) >= 11 is 0. The molecule has 0 aromatic heterocycles. The Hall–Kier alpha value is -0.380. The number of nitrogens with zero attached hydrogens (tertiary/aromatic N) is 1. The highest BCUT2D eigenvalue weighted by Gasteiger charge is 2.27. The zero-order valence-corrected chi connectivity index (χ0v) is 7.24. The molecule has 3 nitrogen and oxygen atoms in total. The van der Waals surface area contributed by atoms with Crippen molar-refractivity contribution >= 4 is 0 Å². The topological polar surface area (TPSA) is 32.7 Å². The molecular weight excluding hydrogens is 142 g/mol. The molecule has 0 bridgehead atoms. The molecule has 1 N–H and O–H groups in total. The normalized spacial score (nSPS) is 37.0. The van der Waals surface area contributed by atoms with E-state index < -0.39 is 5.79 Å². The first-order valence-corrected chi connectivity index (χ1v) is 3.74. The van der Waals surface area contributed by atoms with E-state index in [9.17, 15) is 5.11 Å². The number of rotatable bonds is 2. The summed E-state index contributed by atoms with van der Waals surface area (Å²) in [6.45, 7) is 2.45. The average Bonchev–Trinajstić information content (AvgIpc) is 2.08. The van der Waals surface area contributed by atoms with Crippen LogP contribution in [0.25, 0.3) is 0 Å². The second-order valence-corrected chi connectivity index (χ2v) is 3.33. The van der Waals surface area contributed by atoms with Crippen molar-refractivity contribution in [1.82, 2.24) is 4.90 Å². The van der Waals surface area contributed by atoms with Crippen molar-refractivity contribution in [2.45, 2.75) is 18.8 Å². The maximum atomic E-state index is 9.35. The lowest BCUT2D eigenvalue weighted by atomic mass is 10.3. The van der Waals surface area contributed by atoms with Crippen LogP contribution in [0, 0.1) is 0 Å². The van der Waals surface area contributed by atoms with E-state index in [1.165, 1.54) is 0 Å². The van der Waals surface area contributed by atoms with Gasteiger partial charge in [0.1, 0.15) is 0 Å². The molecule has 0 saturated carbocycles. The Morgan fingerprint density at radius 3 is 2.64 bits per heavy atom. The van der Waals surface area contributed by atoms with E-state index in [0.717, 1.165) is 6.54 Å². The van der Waals surface area contributed by atoms with Gasteiger partial charge in [0.05, 0.1) is 6.10 Å². The quantitative estimate of drug-likeness (QED) is 0.582. The van der Waals surface area contributed by atoms with Gasteiger partial charge in [0.2, 0.25) is 0 Å². The van der Waals surface area contributed by atoms with E-state index in [-0.39, 0.29) is 6.10 Å². The van der Waals surface area contributed by atoms with Crippen LogP contribution in [0.3, 0.4) is 0 Å². The summed E-state index contributed by atoms with van der Waals surface area (Å²) in [7, 11) is 3.95. The van der Waals surface area contributed by atoms with E-state index in [2.05, 4.69) is 0 Å². The molecule has 11 heavy (non-hydrogen) atoms. The highest BCUT2D eigenvalue weighted by Crippen LogP contribution is 2.19. The lowest BCUT2D eigenvalue weighted by molar-refractivity contribution is -0.160. The zero-order valence-electron chi connectivity index (χ0n) is 7.24. The van der Waals surface area contributed by atoms with Crippen molar-refractivity contribution in [1.29, 1.82) is 0 Å². The van der Waals surface area contributed by atoms with Crippen LogP contribution in [0.5, 0.6) is 0 Å². The molecule has 0 aliphatic carbocycles. The van der Waals surface area contributed by atoms with Crippen LogP contribution in [0.15, 0.2) is 12.2 Å². The molecular formula is C8H15NO2. The highest BCUT2D eigenvalue weighted by molar-refractivity contribution is 5.05. The minimum atomic E-state index is -1.05. The van der Waals surface area contributed by atoms with Crippen LogP contribution in [-0.4, -0.2) is 42.5 Å². The minimum absolute atomic E-state index is 0.0278. The molecule has 1 heterocycles. The zero-order chi connectivity index (χ0) is 8.48. The number of hydrogen-bond donors (Lipinski definition) is 1. The van der Waals surface area contributed by atoms with Crippen molar-refractivity contribution in [3.63, 3.8) is 0 Å². The van der Waals surface area contributed by atoms with Crippen LogP contribution >= 0.6 is 0 Å². The van der Waals surface area contributed by atoms with Gasteiger partial charge in [-0.1, -0.05) is 6.08 Å². The molecule has 1 rings (SSSR count). The van der Waals surface area contributed by atoms with Gasteiger partial charge in [-0.2, -0.15) is 0 Å². The molecule has 1 aliphatic rings. The van der Waals surface area contributed by atoms with Gasteiger partial charge in [-0.3, -0.25) is 0 Å². The van der Waals surface area contributed by atoms with Gasteiger partial charge in [-0.05, 0) is 27.1 Å². The molecule has 3 heteroatoms. The third-order valence-electron chi connectivity index (χ3n) is 1.56. The van der Waals surface area contributed by atoms with Crippen LogP contribution < -0.4 is 0 Å². The number of likely N-dealkylation sites (N-methyl/N-ethyl adjacent to an activating group) is 1. The molecule has 0 aromatic rings. The van der Waals surface area contributed by atoms with E-state index in [1.807, 2.05) is 25.1 Å². The van der Waals surface area contributed by atoms with Crippen LogP contribution in [-0.2, 0) is 4.74 Å². The fourth-order valence-corrected chi connectivity index (χ4v) is 1.13. The second kappa shape index (κ2) is 2.93. The maximum Gasteiger partial charge on any atom is 0.183 e. The van der Waals surface area contributed by atoms with Crippen molar-refractivity contribution in [3.05, 3.63) is 12.2 Å². The Balaban J connectivity index is 2.38. The Labute approximate surface area is 67.3 Å². The molecule has 0 radical (unpaired) electrons. The summed E-state index contributed by atoms with van der Waals surface area (Å²) in [5.74, 6) is -1.05. The number of ether oxygens (including phenoxy) is 1. The summed E-state index contributed by atoms with van der Waals surface area (Å²) in [4.78, 5) is 2.02. The molecule has 0 fully saturated rings. The van der Waals surface area contributed by atoms with Crippen LogP contribution in [0.4, 0.5) is 0 Å². The lowest BCUT2D eigenvalue weighted by Crippen LogP contribution is -2.30. The van der Waals surface area contributed by atoms with Crippen molar-refractivity contribution in [3.8, 4) is 0 Å². The predicted molar refractivity (Wildman–Crippen MR) is 43.2 cm³/mol. The Morgan fingerprint density at radius 1 is 1.64 bits per heavy atom. The van der Waals surface area contributed by atoms with Gasteiger partial charge in [-0.25, -0.2) is 0 Å². The molecule has 0 aromatic carbocycles. The first-order chi connectivity index (χ1) is 4.99. The smallest absolute Gasteiger partial charge is 0.183 e. The lowest BCUT2D eigenvalue weighted by Gasteiger charge is -2.20. The minimum Gasteiger partial charge on any atom is -0.362 e. The predicted octanol–water partition coefficient (Wildman–Crippen LogP) is 0.211. The Morgan fingerprint density at radius 2 is 2.27 bits per heavy atom. The summed E-state index contributed by atoms with van der Waals surface area (Å²) in [6, 6.07) is 0. The van der Waals surface area contributed by atoms with Crippen molar-refractivity contribution < 1.29 is 9.84 Å². The standard InChI is InChI=1S/C8H15NO2/c1-8(10)5-4-7(11-8)6-9(2)3/h4-5,7,10H,6H2,1-3H3. The number of hydrogen-bond acceptors (Lipinski definition) is 3. The number of aliphatic hydroxyl groups is 1. The van der Waals surface area contributed by atoms with Gasteiger partial charge < -0.3 is 14.7 Å². The Bertz CT molecular complexity index is 163. The van der Waals surface area contributed by atoms with Gasteiger partial charge >= 0.3 is 0 Å². The van der Waals surface area contributed by atoms with E-state index in [4.69, 9.17) is 4.74 Å². The first kappa shape index (κ1) is 8.71. The SMILES string of the molecule is CN(C)CC1C=CC(C)(O)O1. The van der Waals surface area contributed by atoms with Gasteiger partial charge in [0.15, 0.2) is 5.79 Å². The van der Waals surface area contributed by atoms with E-state index >= 15 is 0 Å². The summed E-state index contributed by atoms with van der Waals surface area (Å²) in [5, 5.41) is 9.35. The molecule has 2 unspecified atom stereocenters. The molecule has 1 aliphatic heterocycles. The Kier molecular flexibility index (Phi) is 2.32. The molecule has 0 spiro atoms. The van der Waals surface area contributed by atoms with Crippen molar-refractivity contribution in [2.24, 2.45) is 0 Å². The molecule has 0 saturated heterocycles. The third-order valence-corrected chi connectivity index (χ3v) is 1.56. The maximum absolute atomic E-state index is 9.35. The molecule has 64 valence electrons. The van der Waals surface area contributed by atoms with Gasteiger partial charge in [-0.15, -0.1) is 0 Å². The summed E-state index contributed by atoms with van der Waals surface area (Å²) in [6.07, 6.45) is 3.60. The fraction of sp³-hybridized carbons (Fsp3) is 0.750. The van der Waals surface area contributed by atoms with Crippen LogP contribution in [0.1, 0.15) is 6.92 Å². The van der Waals surface area contributed by atoms with E-state index in [1.54, 1.807) is 13.0 Å². The highest BCUT2D eigenvalue weighted by atomic mass is 16.6. The summed E-state index contributed by atoms with van der Waals surface area (Å²) < 4.78 is 5.26. The second-order valence-electron chi connectivity index (χ2n) is 3.33. The van der Waals surface area contributed by atoms with E-state index in [0.29, 0.717) is 0 Å². The fourth-order valence-electron chi connectivity index (χ4n) is 1.13. The monoisotopic (exact) mass is 157 g/mol. The molecule has 2 atom stereocenters. The third kappa shape index (κ3) is 2.61. The summed E-state index contributed by atoms with van der Waals surface area (Å²) in [5.41, 5.74) is 0. The van der Waals surface area contributed by atoms with Gasteiger partial charge in [0, 0.05) is 6.54 Å². The average molecular weight is 157 g/mol.